The standard InChI is InChI=1S/C32H36FN5O3/c1-19-28(10-5-20(31(19)33)13-30(39)37-23-17-35-38(18-23)32(2,3)4)41-29-11-12-34-27-9-8-24(16-26(27)29)40-25-14-21-6-7-22(15-25)36-21/h5,8-12,16-18,21-22,25,36H,6-7,13-15H2,1-4H3,(H,37,39)/t21-,22?,25?/m0/s1. The van der Waals surface area contributed by atoms with Crippen molar-refractivity contribution in [2.45, 2.75) is 83.5 Å². The third-order valence-electron chi connectivity index (χ3n) is 7.95. The smallest absolute Gasteiger partial charge is 0.228 e. The third-order valence-corrected chi connectivity index (χ3v) is 7.95. The molecule has 214 valence electrons. The van der Waals surface area contributed by atoms with Crippen LogP contribution >= 0.6 is 0 Å². The van der Waals surface area contributed by atoms with Crippen LogP contribution in [-0.2, 0) is 16.8 Å². The number of fused-ring (bicyclic) bond motifs is 3. The summed E-state index contributed by atoms with van der Waals surface area (Å²) in [5.41, 5.74) is 1.76. The van der Waals surface area contributed by atoms with Gasteiger partial charge in [0.1, 0.15) is 29.2 Å². The zero-order valence-electron chi connectivity index (χ0n) is 23.9. The van der Waals surface area contributed by atoms with Crippen LogP contribution in [0.5, 0.6) is 17.2 Å². The third kappa shape index (κ3) is 5.91. The number of hydrogen-bond donors (Lipinski definition) is 2. The molecule has 1 amide bonds. The zero-order chi connectivity index (χ0) is 28.7. The van der Waals surface area contributed by atoms with Gasteiger partial charge in [0, 0.05) is 35.4 Å². The Morgan fingerprint density at radius 3 is 2.63 bits per heavy atom. The largest absolute Gasteiger partial charge is 0.490 e. The topological polar surface area (TPSA) is 90.3 Å². The van der Waals surface area contributed by atoms with E-state index in [4.69, 9.17) is 9.47 Å². The van der Waals surface area contributed by atoms with Gasteiger partial charge in [-0.05, 0) is 89.3 Å². The number of ether oxygens (including phenoxy) is 2. The van der Waals surface area contributed by atoms with Gasteiger partial charge >= 0.3 is 0 Å². The Balaban J connectivity index is 1.16. The predicted molar refractivity (Wildman–Crippen MR) is 156 cm³/mol. The number of carbonyl (C=O) groups excluding carboxylic acids is 1. The minimum atomic E-state index is -0.467. The Hall–Kier alpha value is -3.98. The molecule has 4 heterocycles. The van der Waals surface area contributed by atoms with E-state index < -0.39 is 5.82 Å². The first-order chi connectivity index (χ1) is 19.6. The number of hydrogen-bond acceptors (Lipinski definition) is 6. The van der Waals surface area contributed by atoms with E-state index >= 15 is 4.39 Å². The summed E-state index contributed by atoms with van der Waals surface area (Å²) in [6, 6.07) is 12.0. The second kappa shape index (κ2) is 10.8. The van der Waals surface area contributed by atoms with Gasteiger partial charge in [-0.25, -0.2) is 4.39 Å². The molecule has 2 unspecified atom stereocenters. The summed E-state index contributed by atoms with van der Waals surface area (Å²) in [6.07, 6.45) is 9.56. The monoisotopic (exact) mass is 557 g/mol. The molecule has 2 saturated heterocycles. The van der Waals surface area contributed by atoms with Gasteiger partial charge in [-0.1, -0.05) is 6.07 Å². The van der Waals surface area contributed by atoms with Crippen molar-refractivity contribution in [2.24, 2.45) is 0 Å². The highest BCUT2D eigenvalue weighted by atomic mass is 19.1. The van der Waals surface area contributed by atoms with Crippen LogP contribution in [0, 0.1) is 12.7 Å². The molecule has 2 aromatic heterocycles. The van der Waals surface area contributed by atoms with Gasteiger partial charge in [-0.2, -0.15) is 5.10 Å². The Labute approximate surface area is 239 Å². The number of halogens is 1. The summed E-state index contributed by atoms with van der Waals surface area (Å²) in [5.74, 6) is 0.936. The van der Waals surface area contributed by atoms with Crippen LogP contribution in [0.1, 0.15) is 57.6 Å². The average Bonchev–Trinajstić information content (AvgIpc) is 3.54. The van der Waals surface area contributed by atoms with Gasteiger partial charge in [0.05, 0.1) is 29.4 Å². The maximum Gasteiger partial charge on any atom is 0.228 e. The van der Waals surface area contributed by atoms with Crippen LogP contribution in [-0.4, -0.2) is 38.9 Å². The van der Waals surface area contributed by atoms with Gasteiger partial charge in [-0.3, -0.25) is 14.5 Å². The number of amides is 1. The number of pyridine rings is 1. The number of nitrogens with one attached hydrogen (secondary N) is 2. The van der Waals surface area contributed by atoms with E-state index in [0.29, 0.717) is 40.4 Å². The number of piperidine rings is 1. The fourth-order valence-corrected chi connectivity index (χ4v) is 5.78. The number of anilines is 1. The van der Waals surface area contributed by atoms with Crippen molar-refractivity contribution in [3.63, 3.8) is 0 Å². The fraction of sp³-hybridized carbons (Fsp3) is 0.406. The highest BCUT2D eigenvalue weighted by molar-refractivity contribution is 5.92. The Morgan fingerprint density at radius 2 is 1.90 bits per heavy atom. The van der Waals surface area contributed by atoms with Crippen LogP contribution in [0.25, 0.3) is 10.9 Å². The lowest BCUT2D eigenvalue weighted by Gasteiger charge is -2.29. The molecule has 3 atom stereocenters. The molecule has 2 bridgehead atoms. The van der Waals surface area contributed by atoms with E-state index in [9.17, 15) is 4.79 Å². The number of aromatic nitrogens is 3. The van der Waals surface area contributed by atoms with E-state index in [1.807, 2.05) is 39.0 Å². The minimum absolute atomic E-state index is 0.106. The van der Waals surface area contributed by atoms with Crippen LogP contribution in [0.2, 0.25) is 0 Å². The number of rotatable bonds is 7. The van der Waals surface area contributed by atoms with Crippen LogP contribution in [0.3, 0.4) is 0 Å². The molecule has 6 rings (SSSR count). The molecule has 41 heavy (non-hydrogen) atoms. The van der Waals surface area contributed by atoms with Crippen molar-refractivity contribution in [2.75, 3.05) is 5.32 Å². The molecule has 2 aliphatic heterocycles. The van der Waals surface area contributed by atoms with Crippen molar-refractivity contribution in [1.29, 1.82) is 0 Å². The van der Waals surface area contributed by atoms with E-state index in [1.165, 1.54) is 12.8 Å². The summed E-state index contributed by atoms with van der Waals surface area (Å²) >= 11 is 0. The molecule has 4 aromatic rings. The van der Waals surface area contributed by atoms with E-state index in [1.54, 1.807) is 48.4 Å². The van der Waals surface area contributed by atoms with Crippen LogP contribution in [0.4, 0.5) is 10.1 Å². The maximum absolute atomic E-state index is 15.4. The number of carbonyl (C=O) groups is 1. The van der Waals surface area contributed by atoms with Gasteiger partial charge in [0.15, 0.2) is 0 Å². The first kappa shape index (κ1) is 27.2. The first-order valence-electron chi connectivity index (χ1n) is 14.2. The second-order valence-electron chi connectivity index (χ2n) is 12.2. The van der Waals surface area contributed by atoms with E-state index in [0.717, 1.165) is 29.5 Å². The number of nitrogens with zero attached hydrogens (tertiary/aromatic N) is 3. The molecule has 0 aliphatic carbocycles. The molecule has 8 nitrogen and oxygen atoms in total. The molecule has 0 saturated carbocycles. The van der Waals surface area contributed by atoms with E-state index in [-0.39, 0.29) is 24.0 Å². The van der Waals surface area contributed by atoms with Crippen molar-refractivity contribution in [1.82, 2.24) is 20.1 Å². The maximum atomic E-state index is 15.4. The highest BCUT2D eigenvalue weighted by Gasteiger charge is 2.34. The molecular formula is C32H36FN5O3. The molecular weight excluding hydrogens is 521 g/mol. The van der Waals surface area contributed by atoms with Gasteiger partial charge in [0.2, 0.25) is 5.91 Å². The summed E-state index contributed by atoms with van der Waals surface area (Å²) in [5, 5.41) is 11.5. The van der Waals surface area contributed by atoms with Crippen molar-refractivity contribution < 1.29 is 18.7 Å². The van der Waals surface area contributed by atoms with Crippen molar-refractivity contribution in [3.8, 4) is 17.2 Å². The van der Waals surface area contributed by atoms with Crippen LogP contribution < -0.4 is 20.1 Å². The normalized spacial score (nSPS) is 20.3. The molecule has 9 heteroatoms. The summed E-state index contributed by atoms with van der Waals surface area (Å²) in [4.78, 5) is 17.1. The van der Waals surface area contributed by atoms with Crippen molar-refractivity contribution in [3.05, 3.63) is 71.9 Å². The average molecular weight is 558 g/mol. The molecule has 2 aromatic carbocycles. The highest BCUT2D eigenvalue weighted by Crippen LogP contribution is 2.36. The lowest BCUT2D eigenvalue weighted by Crippen LogP contribution is -2.42. The van der Waals surface area contributed by atoms with Gasteiger partial charge in [-0.15, -0.1) is 0 Å². The van der Waals surface area contributed by atoms with Crippen LogP contribution in [0.15, 0.2) is 55.0 Å². The molecule has 2 fully saturated rings. The summed E-state index contributed by atoms with van der Waals surface area (Å²) < 4.78 is 29.8. The molecule has 2 aliphatic rings. The first-order valence-corrected chi connectivity index (χ1v) is 14.2. The van der Waals surface area contributed by atoms with Gasteiger partial charge < -0.3 is 20.1 Å². The lowest BCUT2D eigenvalue weighted by molar-refractivity contribution is -0.115. The van der Waals surface area contributed by atoms with Gasteiger partial charge in [0.25, 0.3) is 0 Å². The summed E-state index contributed by atoms with van der Waals surface area (Å²) in [7, 11) is 0. The SMILES string of the molecule is Cc1c(Oc2ccnc3ccc(OC4CC5CC[C@@H](C4)N5)cc23)ccc(CC(=O)Nc2cnn(C(C)(C)C)c2)c1F. The number of benzene rings is 2. The molecule has 0 spiro atoms. The predicted octanol–water partition coefficient (Wildman–Crippen LogP) is 6.27. The lowest BCUT2D eigenvalue weighted by atomic mass is 10.0. The zero-order valence-corrected chi connectivity index (χ0v) is 23.9. The quantitative estimate of drug-likeness (QED) is 0.278. The fourth-order valence-electron chi connectivity index (χ4n) is 5.78. The van der Waals surface area contributed by atoms with Crippen molar-refractivity contribution >= 4 is 22.5 Å². The Morgan fingerprint density at radius 1 is 1.12 bits per heavy atom. The Kier molecular flexibility index (Phi) is 7.15. The molecule has 0 radical (unpaired) electrons. The minimum Gasteiger partial charge on any atom is -0.490 e. The summed E-state index contributed by atoms with van der Waals surface area (Å²) in [6.45, 7) is 7.72. The molecule has 2 N–H and O–H groups in total. The second-order valence-corrected chi connectivity index (χ2v) is 12.2. The Bertz CT molecular complexity index is 1580. The van der Waals surface area contributed by atoms with E-state index in [2.05, 4.69) is 20.7 Å².